The Hall–Kier alpha value is -2.07. The van der Waals surface area contributed by atoms with Gasteiger partial charge in [-0.1, -0.05) is 24.6 Å². The van der Waals surface area contributed by atoms with Crippen LogP contribution in [0.1, 0.15) is 24.2 Å². The summed E-state index contributed by atoms with van der Waals surface area (Å²) < 4.78 is 7.86. The van der Waals surface area contributed by atoms with Crippen molar-refractivity contribution in [3.8, 4) is 11.5 Å². The molecule has 1 aromatic carbocycles. The molecular weight excluding hydrogens is 286 g/mol. The first-order valence-corrected chi connectivity index (χ1v) is 7.27. The van der Waals surface area contributed by atoms with Crippen LogP contribution in [-0.4, -0.2) is 14.5 Å². The van der Waals surface area contributed by atoms with E-state index in [2.05, 4.69) is 21.5 Å². The van der Waals surface area contributed by atoms with Gasteiger partial charge in [0.05, 0.1) is 6.54 Å². The lowest BCUT2D eigenvalue weighted by Gasteiger charge is -2.03. The van der Waals surface area contributed by atoms with Gasteiger partial charge in [-0.2, -0.15) is 0 Å². The normalized spacial score (nSPS) is 11.0. The molecule has 0 fully saturated rings. The second-order valence-electron chi connectivity index (χ2n) is 4.86. The van der Waals surface area contributed by atoms with E-state index < -0.39 is 0 Å². The van der Waals surface area contributed by atoms with Crippen LogP contribution >= 0.6 is 11.6 Å². The highest BCUT2D eigenvalue weighted by atomic mass is 35.5. The van der Waals surface area contributed by atoms with Gasteiger partial charge < -0.3 is 8.98 Å². The van der Waals surface area contributed by atoms with Gasteiger partial charge >= 0.3 is 0 Å². The Morgan fingerprint density at radius 2 is 2.19 bits per heavy atom. The van der Waals surface area contributed by atoms with Crippen molar-refractivity contribution in [2.45, 2.75) is 26.8 Å². The first kappa shape index (κ1) is 13.9. The zero-order valence-corrected chi connectivity index (χ0v) is 12.8. The molecule has 4 nitrogen and oxygen atoms in total. The fraction of sp³-hybridized carbons (Fsp3) is 0.250. The molecule has 0 aliphatic rings. The summed E-state index contributed by atoms with van der Waals surface area (Å²) >= 11 is 6.01. The molecule has 0 spiro atoms. The van der Waals surface area contributed by atoms with Crippen molar-refractivity contribution >= 4 is 11.6 Å². The summed E-state index contributed by atoms with van der Waals surface area (Å²) in [6, 6.07) is 7.52. The minimum Gasteiger partial charge on any atom is -0.441 e. The molecule has 3 aromatic rings. The summed E-state index contributed by atoms with van der Waals surface area (Å²) in [6.07, 6.45) is 4.67. The summed E-state index contributed by atoms with van der Waals surface area (Å²) in [7, 11) is 0. The Balaban J connectivity index is 1.91. The number of halogens is 1. The zero-order chi connectivity index (χ0) is 14.8. The lowest BCUT2D eigenvalue weighted by Crippen LogP contribution is -2.04. The summed E-state index contributed by atoms with van der Waals surface area (Å²) in [5, 5.41) is 0.674. The van der Waals surface area contributed by atoms with Gasteiger partial charge in [0.2, 0.25) is 5.89 Å². The quantitative estimate of drug-likeness (QED) is 0.728. The van der Waals surface area contributed by atoms with Crippen molar-refractivity contribution in [1.29, 1.82) is 0 Å². The van der Waals surface area contributed by atoms with Crippen LogP contribution in [0.15, 0.2) is 41.1 Å². The fourth-order valence-electron chi connectivity index (χ4n) is 2.28. The van der Waals surface area contributed by atoms with Gasteiger partial charge in [0, 0.05) is 29.4 Å². The Bertz CT molecular complexity index is 760. The molecule has 21 heavy (non-hydrogen) atoms. The lowest BCUT2D eigenvalue weighted by molar-refractivity contribution is 0.537. The molecule has 0 amide bonds. The summed E-state index contributed by atoms with van der Waals surface area (Å²) in [5.41, 5.74) is 1.80. The maximum Gasteiger partial charge on any atom is 0.226 e. The molecule has 0 aliphatic carbocycles. The molecule has 0 N–H and O–H groups in total. The van der Waals surface area contributed by atoms with E-state index in [0.29, 0.717) is 17.5 Å². The SMILES string of the molecule is CCc1nccn1Cc1nc(-c2cccc(Cl)c2)oc1C. The van der Waals surface area contributed by atoms with E-state index in [1.807, 2.05) is 43.6 Å². The molecule has 3 rings (SSSR count). The molecule has 2 aromatic heterocycles. The van der Waals surface area contributed by atoms with Crippen molar-refractivity contribution in [2.24, 2.45) is 0 Å². The summed E-state index contributed by atoms with van der Waals surface area (Å²) in [6.45, 7) is 4.68. The Morgan fingerprint density at radius 3 is 2.95 bits per heavy atom. The van der Waals surface area contributed by atoms with Crippen LogP contribution in [0.25, 0.3) is 11.5 Å². The van der Waals surface area contributed by atoms with E-state index in [-0.39, 0.29) is 0 Å². The molecular formula is C16H16ClN3O. The van der Waals surface area contributed by atoms with Gasteiger partial charge in [0.15, 0.2) is 0 Å². The highest BCUT2D eigenvalue weighted by Gasteiger charge is 2.13. The van der Waals surface area contributed by atoms with Crippen LogP contribution in [0.5, 0.6) is 0 Å². The molecule has 0 atom stereocenters. The van der Waals surface area contributed by atoms with E-state index in [4.69, 9.17) is 16.0 Å². The van der Waals surface area contributed by atoms with Crippen LogP contribution in [0.4, 0.5) is 0 Å². The molecule has 0 aliphatic heterocycles. The number of hydrogen-bond acceptors (Lipinski definition) is 3. The van der Waals surface area contributed by atoms with Crippen molar-refractivity contribution in [3.05, 3.63) is 59.0 Å². The van der Waals surface area contributed by atoms with E-state index in [0.717, 1.165) is 29.3 Å². The zero-order valence-electron chi connectivity index (χ0n) is 12.0. The molecule has 0 saturated carbocycles. The highest BCUT2D eigenvalue weighted by Crippen LogP contribution is 2.24. The van der Waals surface area contributed by atoms with Crippen molar-refractivity contribution in [3.63, 3.8) is 0 Å². The van der Waals surface area contributed by atoms with Crippen LogP contribution in [0, 0.1) is 6.92 Å². The standard InChI is InChI=1S/C16H16ClN3O/c1-3-15-18-7-8-20(15)10-14-11(2)21-16(19-14)12-5-4-6-13(17)9-12/h4-9H,3,10H2,1-2H3. The van der Waals surface area contributed by atoms with Crippen LogP contribution in [0.2, 0.25) is 5.02 Å². The monoisotopic (exact) mass is 301 g/mol. The molecule has 5 heteroatoms. The third kappa shape index (κ3) is 2.85. The van der Waals surface area contributed by atoms with Gasteiger partial charge in [-0.15, -0.1) is 0 Å². The van der Waals surface area contributed by atoms with Crippen LogP contribution in [0.3, 0.4) is 0 Å². The average molecular weight is 302 g/mol. The van der Waals surface area contributed by atoms with Gasteiger partial charge in [0.1, 0.15) is 17.3 Å². The Kier molecular flexibility index (Phi) is 3.80. The molecule has 108 valence electrons. The molecule has 0 radical (unpaired) electrons. The molecule has 0 unspecified atom stereocenters. The topological polar surface area (TPSA) is 43.9 Å². The van der Waals surface area contributed by atoms with Gasteiger partial charge in [-0.05, 0) is 25.1 Å². The minimum atomic E-state index is 0.600. The van der Waals surface area contributed by atoms with Crippen molar-refractivity contribution in [1.82, 2.24) is 14.5 Å². The maximum absolute atomic E-state index is 6.01. The van der Waals surface area contributed by atoms with Crippen LogP contribution in [-0.2, 0) is 13.0 Å². The van der Waals surface area contributed by atoms with E-state index in [1.165, 1.54) is 0 Å². The fourth-order valence-corrected chi connectivity index (χ4v) is 2.47. The van der Waals surface area contributed by atoms with Gasteiger partial charge in [0.25, 0.3) is 0 Å². The number of imidazole rings is 1. The third-order valence-electron chi connectivity index (χ3n) is 3.40. The first-order valence-electron chi connectivity index (χ1n) is 6.89. The number of oxazole rings is 1. The molecule has 0 saturated heterocycles. The number of aryl methyl sites for hydroxylation is 2. The lowest BCUT2D eigenvalue weighted by atomic mass is 10.2. The highest BCUT2D eigenvalue weighted by molar-refractivity contribution is 6.30. The second-order valence-corrected chi connectivity index (χ2v) is 5.29. The Labute approximate surface area is 128 Å². The molecule has 2 heterocycles. The largest absolute Gasteiger partial charge is 0.441 e. The van der Waals surface area contributed by atoms with Crippen LogP contribution < -0.4 is 0 Å². The van der Waals surface area contributed by atoms with Gasteiger partial charge in [-0.3, -0.25) is 0 Å². The van der Waals surface area contributed by atoms with E-state index in [1.54, 1.807) is 0 Å². The number of nitrogens with zero attached hydrogens (tertiary/aromatic N) is 3. The van der Waals surface area contributed by atoms with Gasteiger partial charge in [-0.25, -0.2) is 9.97 Å². The summed E-state index contributed by atoms with van der Waals surface area (Å²) in [5.74, 6) is 2.46. The smallest absolute Gasteiger partial charge is 0.226 e. The maximum atomic E-state index is 6.01. The predicted octanol–water partition coefficient (Wildman–Crippen LogP) is 4.11. The van der Waals surface area contributed by atoms with Crippen molar-refractivity contribution < 1.29 is 4.42 Å². The number of hydrogen-bond donors (Lipinski definition) is 0. The molecule has 0 bridgehead atoms. The van der Waals surface area contributed by atoms with Crippen molar-refractivity contribution in [2.75, 3.05) is 0 Å². The summed E-state index contributed by atoms with van der Waals surface area (Å²) in [4.78, 5) is 8.92. The average Bonchev–Trinajstić information content (AvgIpc) is 3.06. The Morgan fingerprint density at radius 1 is 1.33 bits per heavy atom. The predicted molar refractivity (Wildman–Crippen MR) is 82.4 cm³/mol. The van der Waals surface area contributed by atoms with E-state index >= 15 is 0 Å². The number of aromatic nitrogens is 3. The second kappa shape index (κ2) is 5.74. The minimum absolute atomic E-state index is 0.600. The number of rotatable bonds is 4. The third-order valence-corrected chi connectivity index (χ3v) is 3.64. The first-order chi connectivity index (χ1) is 10.2. The number of benzene rings is 1. The van der Waals surface area contributed by atoms with E-state index in [9.17, 15) is 0 Å².